The van der Waals surface area contributed by atoms with Crippen LogP contribution in [-0.2, 0) is 6.42 Å². The topological polar surface area (TPSA) is 9.23 Å². The Morgan fingerprint density at radius 3 is 2.29 bits per heavy atom. The minimum Gasteiger partial charge on any atom is -0.494 e. The molecule has 0 amide bonds. The Bertz CT molecular complexity index is 530. The van der Waals surface area contributed by atoms with Crippen LogP contribution in [-0.4, -0.2) is 6.61 Å². The summed E-state index contributed by atoms with van der Waals surface area (Å²) in [6.45, 7) is 5.04. The number of hydrogen-bond donors (Lipinski definition) is 0. The molecule has 2 aromatic carbocycles. The van der Waals surface area contributed by atoms with E-state index >= 15 is 0 Å². The van der Waals surface area contributed by atoms with Crippen LogP contribution >= 0.6 is 11.6 Å². The van der Waals surface area contributed by atoms with Crippen LogP contribution in [0.1, 0.15) is 41.8 Å². The van der Waals surface area contributed by atoms with E-state index in [1.165, 1.54) is 11.1 Å². The van der Waals surface area contributed by atoms with Gasteiger partial charge in [0.1, 0.15) is 5.75 Å². The van der Waals surface area contributed by atoms with E-state index in [9.17, 15) is 0 Å². The minimum atomic E-state index is -0.00241. The normalized spacial score (nSPS) is 12.1. The summed E-state index contributed by atoms with van der Waals surface area (Å²) in [5.74, 6) is 0.923. The first-order chi connectivity index (χ1) is 10.2. The molecule has 2 heteroatoms. The molecule has 2 rings (SSSR count). The molecule has 1 atom stereocenters. The molecule has 0 radical (unpaired) electrons. The van der Waals surface area contributed by atoms with E-state index < -0.39 is 0 Å². The van der Waals surface area contributed by atoms with E-state index in [-0.39, 0.29) is 5.38 Å². The second-order valence-electron chi connectivity index (χ2n) is 5.43. The fourth-order valence-electron chi connectivity index (χ4n) is 2.16. The maximum atomic E-state index is 6.52. The average molecular weight is 303 g/mol. The third-order valence-electron chi connectivity index (χ3n) is 3.54. The molecule has 0 saturated heterocycles. The predicted octanol–water partition coefficient (Wildman–Crippen LogP) is 5.70. The van der Waals surface area contributed by atoms with Crippen LogP contribution in [0.4, 0.5) is 0 Å². The lowest BCUT2D eigenvalue weighted by molar-refractivity contribution is 0.309. The van der Waals surface area contributed by atoms with Gasteiger partial charge in [-0.2, -0.15) is 0 Å². The molecular formula is C19H23ClO. The van der Waals surface area contributed by atoms with Gasteiger partial charge in [-0.25, -0.2) is 0 Å². The van der Waals surface area contributed by atoms with Gasteiger partial charge in [0.25, 0.3) is 0 Å². The lowest BCUT2D eigenvalue weighted by atomic mass is 10.0. The van der Waals surface area contributed by atoms with E-state index in [4.69, 9.17) is 16.3 Å². The molecular weight excluding hydrogens is 280 g/mol. The Morgan fingerprint density at radius 2 is 1.67 bits per heavy atom. The lowest BCUT2D eigenvalue weighted by Crippen LogP contribution is -1.98. The van der Waals surface area contributed by atoms with Gasteiger partial charge in [-0.15, -0.1) is 11.6 Å². The van der Waals surface area contributed by atoms with Gasteiger partial charge in [0.15, 0.2) is 0 Å². The number of benzene rings is 2. The number of halogens is 1. The van der Waals surface area contributed by atoms with Gasteiger partial charge in [0.05, 0.1) is 12.0 Å². The van der Waals surface area contributed by atoms with Crippen molar-refractivity contribution in [3.8, 4) is 5.75 Å². The summed E-state index contributed by atoms with van der Waals surface area (Å²) in [4.78, 5) is 0. The SMILES string of the molecule is CCCCOc1ccc(C(Cl)Cc2ccc(C)cc2)cc1. The van der Waals surface area contributed by atoms with Crippen LogP contribution in [0.3, 0.4) is 0 Å². The van der Waals surface area contributed by atoms with Crippen LogP contribution in [0.2, 0.25) is 0 Å². The number of ether oxygens (including phenoxy) is 1. The van der Waals surface area contributed by atoms with Crippen molar-refractivity contribution in [1.29, 1.82) is 0 Å². The molecule has 2 aromatic rings. The van der Waals surface area contributed by atoms with E-state index in [1.807, 2.05) is 12.1 Å². The summed E-state index contributed by atoms with van der Waals surface area (Å²) < 4.78 is 5.67. The zero-order valence-corrected chi connectivity index (χ0v) is 13.6. The quantitative estimate of drug-likeness (QED) is 0.471. The van der Waals surface area contributed by atoms with Gasteiger partial charge in [-0.05, 0) is 43.0 Å². The molecule has 0 heterocycles. The number of alkyl halides is 1. The molecule has 0 aromatic heterocycles. The van der Waals surface area contributed by atoms with Gasteiger partial charge < -0.3 is 4.74 Å². The van der Waals surface area contributed by atoms with E-state index in [0.29, 0.717) is 0 Å². The Balaban J connectivity index is 1.93. The molecule has 112 valence electrons. The van der Waals surface area contributed by atoms with Crippen molar-refractivity contribution in [3.63, 3.8) is 0 Å². The third-order valence-corrected chi connectivity index (χ3v) is 3.95. The fourth-order valence-corrected chi connectivity index (χ4v) is 2.48. The summed E-state index contributed by atoms with van der Waals surface area (Å²) in [5, 5.41) is -0.00241. The van der Waals surface area contributed by atoms with E-state index in [1.54, 1.807) is 0 Å². The zero-order valence-electron chi connectivity index (χ0n) is 12.8. The Hall–Kier alpha value is -1.47. The van der Waals surface area contributed by atoms with Crippen LogP contribution in [0, 0.1) is 6.92 Å². The molecule has 1 nitrogen and oxygen atoms in total. The summed E-state index contributed by atoms with van der Waals surface area (Å²) in [6, 6.07) is 16.7. The molecule has 0 aliphatic rings. The first kappa shape index (κ1) is 15.9. The van der Waals surface area contributed by atoms with E-state index in [0.717, 1.165) is 37.2 Å². The maximum Gasteiger partial charge on any atom is 0.119 e. The summed E-state index contributed by atoms with van der Waals surface area (Å²) in [6.07, 6.45) is 3.09. The molecule has 0 fully saturated rings. The van der Waals surface area contributed by atoms with Crippen molar-refractivity contribution in [1.82, 2.24) is 0 Å². The van der Waals surface area contributed by atoms with Crippen molar-refractivity contribution >= 4 is 11.6 Å². The van der Waals surface area contributed by atoms with Crippen LogP contribution in [0.5, 0.6) is 5.75 Å². The third kappa shape index (κ3) is 5.09. The molecule has 0 aliphatic carbocycles. The number of rotatable bonds is 7. The summed E-state index contributed by atoms with van der Waals surface area (Å²) in [7, 11) is 0. The highest BCUT2D eigenvalue weighted by Gasteiger charge is 2.09. The molecule has 0 spiro atoms. The number of hydrogen-bond acceptors (Lipinski definition) is 1. The van der Waals surface area contributed by atoms with Crippen molar-refractivity contribution < 1.29 is 4.74 Å². The van der Waals surface area contributed by atoms with Gasteiger partial charge in [-0.1, -0.05) is 55.3 Å². The summed E-state index contributed by atoms with van der Waals surface area (Å²) in [5.41, 5.74) is 3.68. The zero-order chi connectivity index (χ0) is 15.1. The molecule has 0 bridgehead atoms. The lowest BCUT2D eigenvalue weighted by Gasteiger charge is -2.12. The standard InChI is InChI=1S/C19H23ClO/c1-3-4-13-21-18-11-9-17(10-12-18)19(20)14-16-7-5-15(2)6-8-16/h5-12,19H,3-4,13-14H2,1-2H3. The highest BCUT2D eigenvalue weighted by molar-refractivity contribution is 6.20. The fraction of sp³-hybridized carbons (Fsp3) is 0.368. The average Bonchev–Trinajstić information content (AvgIpc) is 2.50. The van der Waals surface area contributed by atoms with Crippen LogP contribution < -0.4 is 4.74 Å². The molecule has 0 saturated carbocycles. The first-order valence-electron chi connectivity index (χ1n) is 7.61. The van der Waals surface area contributed by atoms with E-state index in [2.05, 4.69) is 50.2 Å². The highest BCUT2D eigenvalue weighted by Crippen LogP contribution is 2.26. The second-order valence-corrected chi connectivity index (χ2v) is 5.96. The minimum absolute atomic E-state index is 0.00241. The number of unbranched alkanes of at least 4 members (excludes halogenated alkanes) is 1. The van der Waals surface area contributed by atoms with Crippen molar-refractivity contribution in [2.45, 2.75) is 38.5 Å². The molecule has 21 heavy (non-hydrogen) atoms. The van der Waals surface area contributed by atoms with Crippen LogP contribution in [0.25, 0.3) is 0 Å². The van der Waals surface area contributed by atoms with Gasteiger partial charge in [0.2, 0.25) is 0 Å². The Morgan fingerprint density at radius 1 is 1.00 bits per heavy atom. The monoisotopic (exact) mass is 302 g/mol. The van der Waals surface area contributed by atoms with Crippen molar-refractivity contribution in [2.24, 2.45) is 0 Å². The van der Waals surface area contributed by atoms with Gasteiger partial charge in [-0.3, -0.25) is 0 Å². The van der Waals surface area contributed by atoms with Gasteiger partial charge in [0, 0.05) is 0 Å². The maximum absolute atomic E-state index is 6.52. The van der Waals surface area contributed by atoms with Crippen molar-refractivity contribution in [2.75, 3.05) is 6.61 Å². The Kier molecular flexibility index (Phi) is 6.13. The molecule has 1 unspecified atom stereocenters. The Labute approximate surface area is 132 Å². The predicted molar refractivity (Wildman–Crippen MR) is 90.3 cm³/mol. The smallest absolute Gasteiger partial charge is 0.119 e. The summed E-state index contributed by atoms with van der Waals surface area (Å²) >= 11 is 6.52. The van der Waals surface area contributed by atoms with Crippen LogP contribution in [0.15, 0.2) is 48.5 Å². The van der Waals surface area contributed by atoms with Crippen molar-refractivity contribution in [3.05, 3.63) is 65.2 Å². The first-order valence-corrected chi connectivity index (χ1v) is 8.05. The molecule has 0 aliphatic heterocycles. The largest absolute Gasteiger partial charge is 0.494 e. The highest BCUT2D eigenvalue weighted by atomic mass is 35.5. The second kappa shape index (κ2) is 8.09. The molecule has 0 N–H and O–H groups in total. The van der Waals surface area contributed by atoms with Gasteiger partial charge >= 0.3 is 0 Å². The number of aryl methyl sites for hydroxylation is 1.